The Kier molecular flexibility index (Phi) is 1.95. The maximum absolute atomic E-state index is 9.74. The molecular weight excluding hydrogens is 166 g/mol. The average molecular weight is 183 g/mol. The number of aliphatic imine (C=N–C) groups is 1. The van der Waals surface area contributed by atoms with Gasteiger partial charge in [-0.25, -0.2) is 4.99 Å². The molecule has 0 radical (unpaired) electrons. The molecule has 4 heteroatoms. The smallest absolute Gasteiger partial charge is 0.191 e. The second-order valence-corrected chi connectivity index (χ2v) is 4.15. The molecule has 0 unspecified atom stereocenters. The first-order valence-corrected chi connectivity index (χ1v) is 4.93. The van der Waals surface area contributed by atoms with Crippen LogP contribution in [0.4, 0.5) is 0 Å². The van der Waals surface area contributed by atoms with Gasteiger partial charge in [0.1, 0.15) is 0 Å². The molecule has 1 aliphatic carbocycles. The molecule has 1 saturated heterocycles. The van der Waals surface area contributed by atoms with Crippen molar-refractivity contribution < 1.29 is 5.11 Å². The topological polar surface area (TPSA) is 61.8 Å². The van der Waals surface area contributed by atoms with E-state index in [1.54, 1.807) is 0 Å². The number of nitrogens with zero attached hydrogens (tertiary/aromatic N) is 2. The lowest BCUT2D eigenvalue weighted by molar-refractivity contribution is -0.0686. The van der Waals surface area contributed by atoms with Gasteiger partial charge in [-0.05, 0) is 19.3 Å². The van der Waals surface area contributed by atoms with Crippen LogP contribution in [-0.2, 0) is 0 Å². The zero-order valence-electron chi connectivity index (χ0n) is 8.03. The van der Waals surface area contributed by atoms with Crippen molar-refractivity contribution in [2.75, 3.05) is 13.1 Å². The molecule has 0 aromatic heterocycles. The Morgan fingerprint density at radius 1 is 1.62 bits per heavy atom. The number of guanidine groups is 1. The number of rotatable bonds is 2. The minimum Gasteiger partial charge on any atom is -0.386 e. The summed E-state index contributed by atoms with van der Waals surface area (Å²) in [4.78, 5) is 6.27. The molecule has 2 rings (SSSR count). The molecule has 2 aliphatic rings. The molecule has 0 spiro atoms. The van der Waals surface area contributed by atoms with Crippen molar-refractivity contribution in [1.82, 2.24) is 4.90 Å². The first-order chi connectivity index (χ1) is 6.13. The number of hydrogen-bond donors (Lipinski definition) is 2. The van der Waals surface area contributed by atoms with E-state index in [2.05, 4.69) is 4.99 Å². The minimum atomic E-state index is -0.510. The average Bonchev–Trinajstić information content (AvgIpc) is 2.82. The van der Waals surface area contributed by atoms with Crippen molar-refractivity contribution in [2.45, 2.75) is 37.8 Å². The predicted molar refractivity (Wildman–Crippen MR) is 51.5 cm³/mol. The Morgan fingerprint density at radius 3 is 2.69 bits per heavy atom. The molecule has 74 valence electrons. The van der Waals surface area contributed by atoms with Crippen LogP contribution in [0.3, 0.4) is 0 Å². The predicted octanol–water partition coefficient (Wildman–Crippen LogP) is -0.0798. The number of hydrogen-bond acceptors (Lipinski definition) is 2. The second kappa shape index (κ2) is 2.87. The molecule has 3 N–H and O–H groups in total. The fourth-order valence-electron chi connectivity index (χ4n) is 1.52. The molecule has 1 heterocycles. The summed E-state index contributed by atoms with van der Waals surface area (Å²) in [7, 11) is 0. The first-order valence-electron chi connectivity index (χ1n) is 4.93. The van der Waals surface area contributed by atoms with Crippen LogP contribution >= 0.6 is 0 Å². The van der Waals surface area contributed by atoms with Crippen molar-refractivity contribution in [3.05, 3.63) is 0 Å². The van der Waals surface area contributed by atoms with E-state index in [0.29, 0.717) is 25.1 Å². The summed E-state index contributed by atoms with van der Waals surface area (Å²) in [6.45, 7) is 3.28. The molecule has 0 amide bonds. The molecule has 0 bridgehead atoms. The number of β-amino-alcohol motifs (C(OH)–C–C–N with tert-alkyl or cyclic N) is 1. The second-order valence-electron chi connectivity index (χ2n) is 4.15. The summed E-state index contributed by atoms with van der Waals surface area (Å²) in [6.07, 6.45) is 3.14. The van der Waals surface area contributed by atoms with Crippen molar-refractivity contribution in [1.29, 1.82) is 0 Å². The monoisotopic (exact) mass is 183 g/mol. The zero-order valence-corrected chi connectivity index (χ0v) is 8.03. The maximum atomic E-state index is 9.74. The van der Waals surface area contributed by atoms with E-state index >= 15 is 0 Å². The Morgan fingerprint density at radius 2 is 2.23 bits per heavy atom. The lowest BCUT2D eigenvalue weighted by Gasteiger charge is -2.46. The SMILES string of the molecule is CCC1(O)CN(C(N)=NC2CC2)C1. The van der Waals surface area contributed by atoms with Gasteiger partial charge in [-0.1, -0.05) is 6.92 Å². The summed E-state index contributed by atoms with van der Waals surface area (Å²) in [6, 6.07) is 0.468. The number of nitrogens with two attached hydrogens (primary N) is 1. The van der Waals surface area contributed by atoms with Crippen LogP contribution in [0.5, 0.6) is 0 Å². The highest BCUT2D eigenvalue weighted by Gasteiger charge is 2.40. The van der Waals surface area contributed by atoms with Crippen molar-refractivity contribution in [2.24, 2.45) is 10.7 Å². The van der Waals surface area contributed by atoms with Crippen LogP contribution in [0, 0.1) is 0 Å². The Balaban J connectivity index is 1.84. The van der Waals surface area contributed by atoms with Crippen LogP contribution in [0.2, 0.25) is 0 Å². The molecular formula is C9H17N3O. The summed E-state index contributed by atoms with van der Waals surface area (Å²) in [5.41, 5.74) is 5.25. The van der Waals surface area contributed by atoms with E-state index in [0.717, 1.165) is 6.42 Å². The van der Waals surface area contributed by atoms with Gasteiger partial charge in [-0.15, -0.1) is 0 Å². The molecule has 4 nitrogen and oxygen atoms in total. The van der Waals surface area contributed by atoms with Crippen molar-refractivity contribution in [3.63, 3.8) is 0 Å². The molecule has 0 aromatic carbocycles. The summed E-state index contributed by atoms with van der Waals surface area (Å²) < 4.78 is 0. The van der Waals surface area contributed by atoms with Crippen molar-refractivity contribution in [3.8, 4) is 0 Å². The van der Waals surface area contributed by atoms with Gasteiger partial charge >= 0.3 is 0 Å². The molecule has 13 heavy (non-hydrogen) atoms. The van der Waals surface area contributed by atoms with Crippen molar-refractivity contribution >= 4 is 5.96 Å². The van der Waals surface area contributed by atoms with Gasteiger partial charge in [0, 0.05) is 0 Å². The normalized spacial score (nSPS) is 27.2. The lowest BCUT2D eigenvalue weighted by atomic mass is 9.92. The Hall–Kier alpha value is -0.770. The van der Waals surface area contributed by atoms with Gasteiger partial charge in [-0.2, -0.15) is 0 Å². The van der Waals surface area contributed by atoms with E-state index < -0.39 is 5.60 Å². The first kappa shape index (κ1) is 8.81. The Labute approximate surface area is 78.4 Å². The van der Waals surface area contributed by atoms with Crippen LogP contribution in [-0.4, -0.2) is 40.7 Å². The highest BCUT2D eigenvalue weighted by molar-refractivity contribution is 5.79. The Bertz CT molecular complexity index is 229. The largest absolute Gasteiger partial charge is 0.386 e. The van der Waals surface area contributed by atoms with Gasteiger partial charge in [0.2, 0.25) is 0 Å². The van der Waals surface area contributed by atoms with Crippen LogP contribution in [0.1, 0.15) is 26.2 Å². The van der Waals surface area contributed by atoms with Gasteiger partial charge in [-0.3, -0.25) is 0 Å². The molecule has 1 aliphatic heterocycles. The summed E-state index contributed by atoms with van der Waals surface area (Å²) in [5.74, 6) is 0.612. The highest BCUT2D eigenvalue weighted by atomic mass is 16.3. The van der Waals surface area contributed by atoms with E-state index in [-0.39, 0.29) is 0 Å². The van der Waals surface area contributed by atoms with Gasteiger partial charge < -0.3 is 15.7 Å². The fourth-order valence-corrected chi connectivity index (χ4v) is 1.52. The third-order valence-corrected chi connectivity index (χ3v) is 2.81. The van der Waals surface area contributed by atoms with E-state index in [1.165, 1.54) is 12.8 Å². The van der Waals surface area contributed by atoms with Gasteiger partial charge in [0.05, 0.1) is 24.7 Å². The summed E-state index contributed by atoms with van der Waals surface area (Å²) >= 11 is 0. The molecule has 0 atom stereocenters. The molecule has 2 fully saturated rings. The fraction of sp³-hybridized carbons (Fsp3) is 0.889. The number of likely N-dealkylation sites (tertiary alicyclic amines) is 1. The van der Waals surface area contributed by atoms with Crippen LogP contribution in [0.15, 0.2) is 4.99 Å². The van der Waals surface area contributed by atoms with Gasteiger partial charge in [0.15, 0.2) is 5.96 Å². The van der Waals surface area contributed by atoms with E-state index in [9.17, 15) is 5.11 Å². The highest BCUT2D eigenvalue weighted by Crippen LogP contribution is 2.26. The zero-order chi connectivity index (χ0) is 9.47. The quantitative estimate of drug-likeness (QED) is 0.465. The number of aliphatic hydroxyl groups is 1. The molecule has 0 aromatic rings. The third-order valence-electron chi connectivity index (χ3n) is 2.81. The van der Waals surface area contributed by atoms with Crippen LogP contribution in [0.25, 0.3) is 0 Å². The standard InChI is InChI=1S/C9H17N3O/c1-2-9(13)5-12(6-9)8(10)11-7-3-4-7/h7,13H,2-6H2,1H3,(H2,10,11). The molecule has 1 saturated carbocycles. The summed E-state index contributed by atoms with van der Waals surface area (Å²) in [5, 5.41) is 9.74. The minimum absolute atomic E-state index is 0.468. The third kappa shape index (κ3) is 1.77. The van der Waals surface area contributed by atoms with Gasteiger partial charge in [0.25, 0.3) is 0 Å². The maximum Gasteiger partial charge on any atom is 0.191 e. The van der Waals surface area contributed by atoms with E-state index in [1.807, 2.05) is 11.8 Å². The van der Waals surface area contributed by atoms with Crippen LogP contribution < -0.4 is 5.73 Å². The lowest BCUT2D eigenvalue weighted by Crippen LogP contribution is -2.64. The van der Waals surface area contributed by atoms with E-state index in [4.69, 9.17) is 5.73 Å².